The van der Waals surface area contributed by atoms with Gasteiger partial charge in [0.2, 0.25) is 0 Å². The minimum Gasteiger partial charge on any atom is -0.461 e. The van der Waals surface area contributed by atoms with Crippen molar-refractivity contribution < 1.29 is 19.1 Å². The molecule has 0 unspecified atom stereocenters. The number of ether oxygens (including phenoxy) is 1. The van der Waals surface area contributed by atoms with E-state index in [2.05, 4.69) is 4.98 Å². The summed E-state index contributed by atoms with van der Waals surface area (Å²) in [4.78, 5) is 43.6. The Kier molecular flexibility index (Phi) is 5.83. The van der Waals surface area contributed by atoms with Crippen molar-refractivity contribution in [1.29, 1.82) is 0 Å². The van der Waals surface area contributed by atoms with E-state index in [9.17, 15) is 14.4 Å². The molecule has 4 rings (SSSR count). The Morgan fingerprint density at radius 3 is 2.48 bits per heavy atom. The van der Waals surface area contributed by atoms with Crippen molar-refractivity contribution in [3.8, 4) is 0 Å². The molecule has 1 fully saturated rings. The molecule has 1 N–H and O–H groups in total. The van der Waals surface area contributed by atoms with Crippen LogP contribution in [0.3, 0.4) is 0 Å². The fraction of sp³-hybridized carbons (Fsp3) is 0.190. The highest BCUT2D eigenvalue weighted by atomic mass is 35.5. The van der Waals surface area contributed by atoms with Gasteiger partial charge >= 0.3 is 12.0 Å². The minimum absolute atomic E-state index is 0.0236. The number of fused-ring (bicyclic) bond motifs is 1. The number of rotatable bonds is 5. The summed E-state index contributed by atoms with van der Waals surface area (Å²) in [5.41, 5.74) is 1.56. The lowest BCUT2D eigenvalue weighted by Crippen LogP contribution is -2.33. The first-order valence-electron chi connectivity index (χ1n) is 9.34. The quantitative estimate of drug-likeness (QED) is 0.398. The number of esters is 1. The SMILES string of the molecule is CCOC(=O)c1[nH]c2cc(Cl)cc(Cl)c2c1CN1CC(=O)N(c2ccc(Cl)cc2)C1=O. The highest BCUT2D eigenvalue weighted by Gasteiger charge is 2.38. The number of nitrogens with zero attached hydrogens (tertiary/aromatic N) is 2. The van der Waals surface area contributed by atoms with Crippen molar-refractivity contribution in [2.75, 3.05) is 18.1 Å². The zero-order valence-electron chi connectivity index (χ0n) is 16.2. The summed E-state index contributed by atoms with van der Waals surface area (Å²) in [5, 5.41) is 1.74. The maximum absolute atomic E-state index is 13.0. The summed E-state index contributed by atoms with van der Waals surface area (Å²) < 4.78 is 5.14. The number of imide groups is 1. The van der Waals surface area contributed by atoms with E-state index in [1.807, 2.05) is 0 Å². The molecule has 160 valence electrons. The molecule has 0 bridgehead atoms. The maximum atomic E-state index is 13.0. The van der Waals surface area contributed by atoms with E-state index < -0.39 is 12.0 Å². The molecular weight excluding hydrogens is 465 g/mol. The molecule has 7 nitrogen and oxygen atoms in total. The van der Waals surface area contributed by atoms with E-state index in [0.717, 1.165) is 4.90 Å². The normalized spacial score (nSPS) is 14.1. The van der Waals surface area contributed by atoms with Gasteiger partial charge in [0, 0.05) is 26.5 Å². The highest BCUT2D eigenvalue weighted by Crippen LogP contribution is 2.34. The zero-order valence-corrected chi connectivity index (χ0v) is 18.5. The first-order chi connectivity index (χ1) is 14.8. The summed E-state index contributed by atoms with van der Waals surface area (Å²) in [6, 6.07) is 9.05. The fourth-order valence-corrected chi connectivity index (χ4v) is 4.29. The van der Waals surface area contributed by atoms with Crippen LogP contribution in [0.5, 0.6) is 0 Å². The van der Waals surface area contributed by atoms with Crippen molar-refractivity contribution >= 4 is 69.3 Å². The number of halogens is 3. The number of amides is 3. The van der Waals surface area contributed by atoms with Gasteiger partial charge in [-0.1, -0.05) is 34.8 Å². The number of H-pyrrole nitrogens is 1. The van der Waals surface area contributed by atoms with Crippen molar-refractivity contribution in [1.82, 2.24) is 9.88 Å². The molecule has 0 spiro atoms. The first kappa shape index (κ1) is 21.5. The van der Waals surface area contributed by atoms with E-state index in [0.29, 0.717) is 37.2 Å². The number of hydrogen-bond acceptors (Lipinski definition) is 4. The second kappa shape index (κ2) is 8.42. The molecule has 3 aromatic rings. The van der Waals surface area contributed by atoms with Crippen LogP contribution in [0.1, 0.15) is 23.0 Å². The predicted molar refractivity (Wildman–Crippen MR) is 119 cm³/mol. The molecule has 10 heteroatoms. The molecule has 2 heterocycles. The molecule has 1 aromatic heterocycles. The van der Waals surface area contributed by atoms with Gasteiger partial charge in [-0.2, -0.15) is 0 Å². The number of aromatic amines is 1. The molecule has 0 radical (unpaired) electrons. The van der Waals surface area contributed by atoms with Crippen molar-refractivity contribution in [3.63, 3.8) is 0 Å². The van der Waals surface area contributed by atoms with Crippen LogP contribution < -0.4 is 4.90 Å². The number of anilines is 1. The molecule has 0 saturated carbocycles. The standard InChI is InChI=1S/C21H16Cl3N3O4/c1-2-31-20(29)19-14(18-15(24)7-12(23)8-16(18)25-19)9-26-10-17(28)27(21(26)30)13-5-3-11(22)4-6-13/h3-8,25H,2,9-10H2,1H3. The van der Waals surface area contributed by atoms with Gasteiger partial charge in [0.15, 0.2) is 0 Å². The molecule has 1 aliphatic rings. The Morgan fingerprint density at radius 2 is 1.81 bits per heavy atom. The maximum Gasteiger partial charge on any atom is 0.355 e. The van der Waals surface area contributed by atoms with Crippen LogP contribution in [0.25, 0.3) is 10.9 Å². The van der Waals surface area contributed by atoms with E-state index in [4.69, 9.17) is 39.5 Å². The van der Waals surface area contributed by atoms with Gasteiger partial charge in [-0.3, -0.25) is 4.79 Å². The minimum atomic E-state index is -0.589. The zero-order chi connectivity index (χ0) is 22.3. The smallest absolute Gasteiger partial charge is 0.355 e. The Morgan fingerprint density at radius 1 is 1.10 bits per heavy atom. The number of benzene rings is 2. The van der Waals surface area contributed by atoms with Crippen LogP contribution in [-0.2, 0) is 16.1 Å². The summed E-state index contributed by atoms with van der Waals surface area (Å²) >= 11 is 18.4. The molecule has 2 aromatic carbocycles. The third-order valence-corrected chi connectivity index (χ3v) is 5.64. The molecule has 0 atom stereocenters. The van der Waals surface area contributed by atoms with Crippen LogP contribution in [0, 0.1) is 0 Å². The van der Waals surface area contributed by atoms with Crippen LogP contribution >= 0.6 is 34.8 Å². The molecular formula is C21H16Cl3N3O4. The first-order valence-corrected chi connectivity index (χ1v) is 10.5. The third-order valence-electron chi connectivity index (χ3n) is 4.87. The average molecular weight is 481 g/mol. The summed E-state index contributed by atoms with van der Waals surface area (Å²) in [6.45, 7) is 1.69. The van der Waals surface area contributed by atoms with Crippen LogP contribution in [0.15, 0.2) is 36.4 Å². The van der Waals surface area contributed by atoms with Crippen molar-refractivity contribution in [2.45, 2.75) is 13.5 Å². The Bertz CT molecular complexity index is 1210. The van der Waals surface area contributed by atoms with Gasteiger partial charge in [-0.25, -0.2) is 14.5 Å². The second-order valence-corrected chi connectivity index (χ2v) is 8.13. The molecule has 1 saturated heterocycles. The molecule has 1 aliphatic heterocycles. The van der Waals surface area contributed by atoms with Gasteiger partial charge in [0.05, 0.1) is 23.9 Å². The second-order valence-electron chi connectivity index (χ2n) is 6.85. The average Bonchev–Trinajstić information content (AvgIpc) is 3.20. The lowest BCUT2D eigenvalue weighted by Gasteiger charge is -2.18. The van der Waals surface area contributed by atoms with Crippen LogP contribution in [0.4, 0.5) is 10.5 Å². The highest BCUT2D eigenvalue weighted by molar-refractivity contribution is 6.39. The number of nitrogens with one attached hydrogen (secondary N) is 1. The van der Waals surface area contributed by atoms with Crippen molar-refractivity contribution in [2.24, 2.45) is 0 Å². The van der Waals surface area contributed by atoms with Gasteiger partial charge in [-0.05, 0) is 43.3 Å². The van der Waals surface area contributed by atoms with E-state index in [1.54, 1.807) is 43.3 Å². The number of carbonyl (C=O) groups excluding carboxylic acids is 3. The number of aromatic nitrogens is 1. The van der Waals surface area contributed by atoms with E-state index >= 15 is 0 Å². The Balaban J connectivity index is 1.73. The van der Waals surface area contributed by atoms with E-state index in [-0.39, 0.29) is 31.3 Å². The van der Waals surface area contributed by atoms with Crippen molar-refractivity contribution in [3.05, 3.63) is 62.7 Å². The van der Waals surface area contributed by atoms with Gasteiger partial charge < -0.3 is 14.6 Å². The summed E-state index contributed by atoms with van der Waals surface area (Å²) in [6.07, 6.45) is 0. The van der Waals surface area contributed by atoms with Gasteiger partial charge in [0.25, 0.3) is 5.91 Å². The van der Waals surface area contributed by atoms with E-state index in [1.165, 1.54) is 4.90 Å². The number of hydrogen-bond donors (Lipinski definition) is 1. The number of urea groups is 1. The molecule has 31 heavy (non-hydrogen) atoms. The topological polar surface area (TPSA) is 82.7 Å². The Labute approximate surface area is 192 Å². The lowest BCUT2D eigenvalue weighted by molar-refractivity contribution is -0.116. The lowest BCUT2D eigenvalue weighted by atomic mass is 10.1. The number of carbonyl (C=O) groups is 3. The third kappa shape index (κ3) is 3.96. The summed E-state index contributed by atoms with van der Waals surface area (Å²) in [7, 11) is 0. The monoisotopic (exact) mass is 479 g/mol. The predicted octanol–water partition coefficient (Wildman–Crippen LogP) is 5.27. The van der Waals surface area contributed by atoms with Gasteiger partial charge in [0.1, 0.15) is 12.2 Å². The Hall–Kier alpha value is -2.74. The fourth-order valence-electron chi connectivity index (χ4n) is 3.56. The van der Waals surface area contributed by atoms with Crippen LogP contribution in [-0.4, -0.2) is 40.9 Å². The van der Waals surface area contributed by atoms with Crippen LogP contribution in [0.2, 0.25) is 15.1 Å². The van der Waals surface area contributed by atoms with Gasteiger partial charge in [-0.15, -0.1) is 0 Å². The largest absolute Gasteiger partial charge is 0.461 e. The molecule has 0 aliphatic carbocycles. The summed E-state index contributed by atoms with van der Waals surface area (Å²) in [5.74, 6) is -0.979. The molecule has 3 amide bonds.